The van der Waals surface area contributed by atoms with Crippen LogP contribution in [0.4, 0.5) is 5.69 Å². The Labute approximate surface area is 118 Å². The highest BCUT2D eigenvalue weighted by atomic mass is 32.1. The van der Waals surface area contributed by atoms with Crippen LogP contribution in [0.1, 0.15) is 25.0 Å². The number of hydrogen-bond acceptors (Lipinski definition) is 4. The predicted molar refractivity (Wildman–Crippen MR) is 79.0 cm³/mol. The first kappa shape index (κ1) is 13.7. The van der Waals surface area contributed by atoms with Gasteiger partial charge in [0.25, 0.3) is 0 Å². The zero-order valence-electron chi connectivity index (χ0n) is 10.8. The molecule has 19 heavy (non-hydrogen) atoms. The van der Waals surface area contributed by atoms with Crippen LogP contribution in [0.5, 0.6) is 0 Å². The molecule has 102 valence electrons. The van der Waals surface area contributed by atoms with Gasteiger partial charge >= 0.3 is 0 Å². The highest BCUT2D eigenvalue weighted by molar-refractivity contribution is 7.80. The Bertz CT molecular complexity index is 471. The fraction of sp³-hybridized carbons (Fsp3) is 0.462. The van der Waals surface area contributed by atoms with E-state index >= 15 is 0 Å². The van der Waals surface area contributed by atoms with E-state index in [1.54, 1.807) is 12.3 Å². The molecule has 1 aliphatic heterocycles. The van der Waals surface area contributed by atoms with Crippen LogP contribution >= 0.6 is 12.2 Å². The number of nitrogens with one attached hydrogen (secondary N) is 1. The molecule has 0 spiro atoms. The minimum absolute atomic E-state index is 0.216. The Balaban J connectivity index is 1.80. The Morgan fingerprint density at radius 3 is 2.89 bits per heavy atom. The van der Waals surface area contributed by atoms with Gasteiger partial charge in [0.2, 0.25) is 5.91 Å². The molecule has 0 aromatic carbocycles. The molecule has 1 saturated heterocycles. The van der Waals surface area contributed by atoms with Crippen molar-refractivity contribution in [1.82, 2.24) is 9.88 Å². The second kappa shape index (κ2) is 6.47. The van der Waals surface area contributed by atoms with Crippen molar-refractivity contribution in [3.05, 3.63) is 24.0 Å². The van der Waals surface area contributed by atoms with E-state index in [9.17, 15) is 4.79 Å². The zero-order chi connectivity index (χ0) is 13.7. The maximum atomic E-state index is 11.8. The van der Waals surface area contributed by atoms with E-state index in [4.69, 9.17) is 18.0 Å². The highest BCUT2D eigenvalue weighted by Gasteiger charge is 2.16. The van der Waals surface area contributed by atoms with E-state index in [1.165, 1.54) is 0 Å². The predicted octanol–water partition coefficient (Wildman–Crippen LogP) is 1.14. The van der Waals surface area contributed by atoms with Crippen molar-refractivity contribution in [3.8, 4) is 0 Å². The summed E-state index contributed by atoms with van der Waals surface area (Å²) in [4.78, 5) is 18.1. The van der Waals surface area contributed by atoms with Crippen LogP contribution in [0.2, 0.25) is 0 Å². The van der Waals surface area contributed by atoms with Gasteiger partial charge in [0, 0.05) is 37.9 Å². The summed E-state index contributed by atoms with van der Waals surface area (Å²) in [6, 6.07) is 3.63. The summed E-state index contributed by atoms with van der Waals surface area (Å²) in [5.74, 6) is 0.216. The first-order valence-electron chi connectivity index (χ1n) is 6.44. The average Bonchev–Trinajstić information content (AvgIpc) is 2.93. The van der Waals surface area contributed by atoms with Crippen LogP contribution in [0, 0.1) is 0 Å². The van der Waals surface area contributed by atoms with Gasteiger partial charge in [-0.3, -0.25) is 9.78 Å². The molecule has 0 bridgehead atoms. The van der Waals surface area contributed by atoms with Crippen LogP contribution in [-0.2, 0) is 4.79 Å². The molecule has 0 atom stereocenters. The summed E-state index contributed by atoms with van der Waals surface area (Å²) in [7, 11) is 0. The van der Waals surface area contributed by atoms with Crippen LogP contribution in [0.15, 0.2) is 18.3 Å². The lowest BCUT2D eigenvalue weighted by molar-refractivity contribution is -0.129. The number of anilines is 1. The molecule has 1 aliphatic rings. The minimum atomic E-state index is 0.216. The number of amides is 1. The van der Waals surface area contributed by atoms with E-state index < -0.39 is 0 Å². The molecule has 3 N–H and O–H groups in total. The lowest BCUT2D eigenvalue weighted by Crippen LogP contribution is -2.29. The van der Waals surface area contributed by atoms with Gasteiger partial charge in [0.1, 0.15) is 4.99 Å². The number of likely N-dealkylation sites (tertiary alicyclic amines) is 1. The molecule has 0 aliphatic carbocycles. The lowest BCUT2D eigenvalue weighted by atomic mass is 10.3. The van der Waals surface area contributed by atoms with Gasteiger partial charge in [-0.05, 0) is 25.0 Å². The number of rotatable bonds is 5. The number of thiocarbonyl (C=S) groups is 1. The normalized spacial score (nSPS) is 14.4. The summed E-state index contributed by atoms with van der Waals surface area (Å²) in [5.41, 5.74) is 6.99. The molecule has 2 rings (SSSR count). The molecular formula is C13H18N4OS. The smallest absolute Gasteiger partial charge is 0.224 e. The maximum absolute atomic E-state index is 11.8. The van der Waals surface area contributed by atoms with E-state index in [-0.39, 0.29) is 10.9 Å². The first-order chi connectivity index (χ1) is 9.16. The van der Waals surface area contributed by atoms with E-state index in [0.717, 1.165) is 31.6 Å². The van der Waals surface area contributed by atoms with Crippen molar-refractivity contribution in [2.45, 2.75) is 19.3 Å². The van der Waals surface area contributed by atoms with Crippen molar-refractivity contribution in [2.24, 2.45) is 5.73 Å². The van der Waals surface area contributed by atoms with E-state index in [1.807, 2.05) is 11.0 Å². The van der Waals surface area contributed by atoms with Crippen LogP contribution in [-0.4, -0.2) is 40.4 Å². The van der Waals surface area contributed by atoms with Crippen LogP contribution in [0.25, 0.3) is 0 Å². The van der Waals surface area contributed by atoms with Gasteiger partial charge in [-0.25, -0.2) is 0 Å². The number of pyridine rings is 1. The summed E-state index contributed by atoms with van der Waals surface area (Å²) in [6.07, 6.45) is 4.41. The number of carbonyl (C=O) groups excluding carboxylic acids is 1. The van der Waals surface area contributed by atoms with Crippen molar-refractivity contribution >= 4 is 28.8 Å². The third kappa shape index (κ3) is 3.89. The summed E-state index contributed by atoms with van der Waals surface area (Å²) < 4.78 is 0. The zero-order valence-corrected chi connectivity index (χ0v) is 11.6. The Hall–Kier alpha value is -1.69. The fourth-order valence-electron chi connectivity index (χ4n) is 2.11. The summed E-state index contributed by atoms with van der Waals surface area (Å²) in [5, 5.41) is 3.19. The third-order valence-corrected chi connectivity index (χ3v) is 3.35. The van der Waals surface area contributed by atoms with Crippen LogP contribution < -0.4 is 11.1 Å². The van der Waals surface area contributed by atoms with E-state index in [0.29, 0.717) is 18.7 Å². The van der Waals surface area contributed by atoms with Crippen molar-refractivity contribution < 1.29 is 4.79 Å². The Morgan fingerprint density at radius 2 is 2.21 bits per heavy atom. The van der Waals surface area contributed by atoms with Gasteiger partial charge in [-0.15, -0.1) is 0 Å². The second-order valence-electron chi connectivity index (χ2n) is 4.56. The molecule has 1 aromatic heterocycles. The number of nitrogens with zero attached hydrogens (tertiary/aromatic N) is 2. The molecule has 1 amide bonds. The van der Waals surface area contributed by atoms with Crippen molar-refractivity contribution in [1.29, 1.82) is 0 Å². The Kier molecular flexibility index (Phi) is 4.68. The maximum Gasteiger partial charge on any atom is 0.224 e. The molecule has 1 fully saturated rings. The lowest BCUT2D eigenvalue weighted by Gasteiger charge is -2.15. The fourth-order valence-corrected chi connectivity index (χ4v) is 2.23. The molecule has 5 nitrogen and oxygen atoms in total. The number of nitrogens with two attached hydrogens (primary N) is 1. The largest absolute Gasteiger partial charge is 0.388 e. The van der Waals surface area contributed by atoms with Gasteiger partial charge < -0.3 is 16.0 Å². The molecule has 1 aromatic rings. The average molecular weight is 278 g/mol. The van der Waals surface area contributed by atoms with Gasteiger partial charge in [0.15, 0.2) is 0 Å². The minimum Gasteiger partial charge on any atom is -0.388 e. The first-order valence-corrected chi connectivity index (χ1v) is 6.85. The van der Waals surface area contributed by atoms with Crippen molar-refractivity contribution in [3.63, 3.8) is 0 Å². The molecule has 2 heterocycles. The number of aromatic nitrogens is 1. The molecule has 6 heteroatoms. The van der Waals surface area contributed by atoms with E-state index in [2.05, 4.69) is 10.3 Å². The molecule has 0 radical (unpaired) electrons. The standard InChI is InChI=1S/C13H18N4OS/c14-13(19)11-9-10(3-5-16-11)15-6-4-12(18)17-7-1-2-8-17/h3,5,9H,1-2,4,6-8H2,(H2,14,19)(H,15,16). The van der Waals surface area contributed by atoms with Crippen molar-refractivity contribution in [2.75, 3.05) is 25.0 Å². The quantitative estimate of drug-likeness (QED) is 0.790. The summed E-state index contributed by atoms with van der Waals surface area (Å²) in [6.45, 7) is 2.41. The summed E-state index contributed by atoms with van der Waals surface area (Å²) >= 11 is 4.88. The monoisotopic (exact) mass is 278 g/mol. The highest BCUT2D eigenvalue weighted by Crippen LogP contribution is 2.10. The number of hydrogen-bond donors (Lipinski definition) is 2. The molecular weight excluding hydrogens is 260 g/mol. The second-order valence-corrected chi connectivity index (χ2v) is 5.00. The molecule has 0 saturated carbocycles. The molecule has 0 unspecified atom stereocenters. The Morgan fingerprint density at radius 1 is 1.47 bits per heavy atom. The van der Waals surface area contributed by atoms with Gasteiger partial charge in [0.05, 0.1) is 5.69 Å². The SMILES string of the molecule is NC(=S)c1cc(NCCC(=O)N2CCCC2)ccn1. The van der Waals surface area contributed by atoms with Gasteiger partial charge in [-0.2, -0.15) is 0 Å². The van der Waals surface area contributed by atoms with Crippen LogP contribution in [0.3, 0.4) is 0 Å². The van der Waals surface area contributed by atoms with Gasteiger partial charge in [-0.1, -0.05) is 12.2 Å². The topological polar surface area (TPSA) is 71.2 Å². The third-order valence-electron chi connectivity index (χ3n) is 3.14. The number of carbonyl (C=O) groups is 1.